The SMILES string of the molecule is C=C(N)c1ccc(N2CCN(CC(CCC)CCC)CC2)cc1F. The van der Waals surface area contributed by atoms with Crippen molar-refractivity contribution in [1.82, 2.24) is 4.90 Å². The largest absolute Gasteiger partial charge is 0.399 e. The van der Waals surface area contributed by atoms with E-state index in [1.165, 1.54) is 32.2 Å². The van der Waals surface area contributed by atoms with Crippen molar-refractivity contribution in [3.63, 3.8) is 0 Å². The predicted molar refractivity (Wildman–Crippen MR) is 102 cm³/mol. The third-order valence-corrected chi connectivity index (χ3v) is 4.95. The van der Waals surface area contributed by atoms with Gasteiger partial charge in [-0.25, -0.2) is 4.39 Å². The van der Waals surface area contributed by atoms with Gasteiger partial charge < -0.3 is 10.6 Å². The molecule has 1 heterocycles. The second-order valence-corrected chi connectivity index (χ2v) is 6.92. The highest BCUT2D eigenvalue weighted by molar-refractivity contribution is 5.64. The molecule has 0 radical (unpaired) electrons. The van der Waals surface area contributed by atoms with Gasteiger partial charge in [-0.3, -0.25) is 4.90 Å². The average molecular weight is 333 g/mol. The Morgan fingerprint density at radius 3 is 2.29 bits per heavy atom. The number of nitrogens with two attached hydrogens (primary N) is 1. The molecule has 1 aromatic rings. The van der Waals surface area contributed by atoms with Gasteiger partial charge in [-0.2, -0.15) is 0 Å². The minimum Gasteiger partial charge on any atom is -0.399 e. The number of halogens is 1. The molecule has 2 N–H and O–H groups in total. The van der Waals surface area contributed by atoms with E-state index in [-0.39, 0.29) is 11.5 Å². The summed E-state index contributed by atoms with van der Waals surface area (Å²) >= 11 is 0. The van der Waals surface area contributed by atoms with E-state index in [1.807, 2.05) is 6.07 Å². The van der Waals surface area contributed by atoms with Crippen molar-refractivity contribution < 1.29 is 4.39 Å². The molecular formula is C20H32FN3. The quantitative estimate of drug-likeness (QED) is 0.777. The molecule has 3 nitrogen and oxygen atoms in total. The van der Waals surface area contributed by atoms with E-state index in [0.29, 0.717) is 5.56 Å². The van der Waals surface area contributed by atoms with Crippen LogP contribution in [-0.4, -0.2) is 37.6 Å². The maximum Gasteiger partial charge on any atom is 0.134 e. The number of anilines is 1. The van der Waals surface area contributed by atoms with E-state index >= 15 is 0 Å². The molecular weight excluding hydrogens is 301 g/mol. The van der Waals surface area contributed by atoms with Gasteiger partial charge in [0.25, 0.3) is 0 Å². The number of rotatable bonds is 8. The molecule has 0 aliphatic carbocycles. The van der Waals surface area contributed by atoms with Crippen LogP contribution in [0, 0.1) is 11.7 Å². The lowest BCUT2D eigenvalue weighted by atomic mass is 9.97. The first kappa shape index (κ1) is 18.8. The fourth-order valence-electron chi connectivity index (χ4n) is 3.66. The second-order valence-electron chi connectivity index (χ2n) is 6.92. The summed E-state index contributed by atoms with van der Waals surface area (Å²) in [4.78, 5) is 4.83. The summed E-state index contributed by atoms with van der Waals surface area (Å²) in [7, 11) is 0. The summed E-state index contributed by atoms with van der Waals surface area (Å²) in [6.45, 7) is 13.4. The average Bonchev–Trinajstić information content (AvgIpc) is 2.55. The van der Waals surface area contributed by atoms with Crippen molar-refractivity contribution in [3.05, 3.63) is 36.2 Å². The van der Waals surface area contributed by atoms with Gasteiger partial charge in [-0.15, -0.1) is 0 Å². The van der Waals surface area contributed by atoms with E-state index in [1.54, 1.807) is 12.1 Å². The Morgan fingerprint density at radius 1 is 1.17 bits per heavy atom. The zero-order chi connectivity index (χ0) is 17.5. The smallest absolute Gasteiger partial charge is 0.134 e. The molecule has 0 spiro atoms. The van der Waals surface area contributed by atoms with Crippen molar-refractivity contribution in [2.75, 3.05) is 37.6 Å². The molecule has 134 valence electrons. The van der Waals surface area contributed by atoms with Crippen LogP contribution in [0.25, 0.3) is 5.70 Å². The van der Waals surface area contributed by atoms with Crippen LogP contribution in [0.2, 0.25) is 0 Å². The third kappa shape index (κ3) is 4.97. The van der Waals surface area contributed by atoms with Crippen LogP contribution in [0.3, 0.4) is 0 Å². The third-order valence-electron chi connectivity index (χ3n) is 4.95. The standard InChI is InChI=1S/C20H32FN3/c1-4-6-17(7-5-2)15-23-10-12-24(13-11-23)18-8-9-19(16(3)22)20(21)14-18/h8-9,14,17H,3-7,10-13,15,22H2,1-2H3. The molecule has 0 saturated carbocycles. The summed E-state index contributed by atoms with van der Waals surface area (Å²) < 4.78 is 14.1. The Labute approximate surface area is 146 Å². The molecule has 0 atom stereocenters. The van der Waals surface area contributed by atoms with Crippen molar-refractivity contribution in [1.29, 1.82) is 0 Å². The van der Waals surface area contributed by atoms with Crippen molar-refractivity contribution in [3.8, 4) is 0 Å². The highest BCUT2D eigenvalue weighted by atomic mass is 19.1. The van der Waals surface area contributed by atoms with Crippen LogP contribution in [0.5, 0.6) is 0 Å². The van der Waals surface area contributed by atoms with E-state index in [4.69, 9.17) is 5.73 Å². The fourth-order valence-corrected chi connectivity index (χ4v) is 3.66. The Kier molecular flexibility index (Phi) is 7.10. The minimum atomic E-state index is -0.284. The first-order valence-corrected chi connectivity index (χ1v) is 9.26. The van der Waals surface area contributed by atoms with E-state index in [2.05, 4.69) is 30.2 Å². The maximum absolute atomic E-state index is 14.1. The maximum atomic E-state index is 14.1. The van der Waals surface area contributed by atoms with Crippen molar-refractivity contribution in [2.45, 2.75) is 39.5 Å². The molecule has 1 aliphatic rings. The Morgan fingerprint density at radius 2 is 1.79 bits per heavy atom. The van der Waals surface area contributed by atoms with Gasteiger partial charge in [0.05, 0.1) is 0 Å². The number of hydrogen-bond donors (Lipinski definition) is 1. The van der Waals surface area contributed by atoms with Gasteiger partial charge in [0, 0.05) is 49.7 Å². The molecule has 24 heavy (non-hydrogen) atoms. The van der Waals surface area contributed by atoms with Crippen LogP contribution in [-0.2, 0) is 0 Å². The molecule has 2 rings (SSSR count). The molecule has 1 aromatic carbocycles. The van der Waals surface area contributed by atoms with E-state index in [9.17, 15) is 4.39 Å². The molecule has 1 saturated heterocycles. The Bertz CT molecular complexity index is 530. The number of benzene rings is 1. The molecule has 4 heteroatoms. The molecule has 1 fully saturated rings. The van der Waals surface area contributed by atoms with Gasteiger partial charge in [-0.05, 0) is 37.0 Å². The number of hydrogen-bond acceptors (Lipinski definition) is 3. The Balaban J connectivity index is 1.90. The molecule has 1 aliphatic heterocycles. The van der Waals surface area contributed by atoms with Crippen LogP contribution in [0.4, 0.5) is 10.1 Å². The van der Waals surface area contributed by atoms with E-state index in [0.717, 1.165) is 37.8 Å². The summed E-state index contributed by atoms with van der Waals surface area (Å²) in [6, 6.07) is 5.26. The second kappa shape index (κ2) is 9.07. The topological polar surface area (TPSA) is 32.5 Å². The van der Waals surface area contributed by atoms with Crippen LogP contribution in [0.1, 0.15) is 45.1 Å². The summed E-state index contributed by atoms with van der Waals surface area (Å²) in [6.07, 6.45) is 5.18. The monoisotopic (exact) mass is 333 g/mol. The summed E-state index contributed by atoms with van der Waals surface area (Å²) in [5.41, 5.74) is 7.22. The van der Waals surface area contributed by atoms with Crippen LogP contribution in [0.15, 0.2) is 24.8 Å². The molecule has 0 unspecified atom stereocenters. The highest BCUT2D eigenvalue weighted by Gasteiger charge is 2.20. The van der Waals surface area contributed by atoms with Crippen LogP contribution < -0.4 is 10.6 Å². The van der Waals surface area contributed by atoms with Gasteiger partial charge in [0.1, 0.15) is 5.82 Å². The summed E-state index contributed by atoms with van der Waals surface area (Å²) in [5.74, 6) is 0.534. The van der Waals surface area contributed by atoms with Gasteiger partial charge in [-0.1, -0.05) is 33.3 Å². The fraction of sp³-hybridized carbons (Fsp3) is 0.600. The lowest BCUT2D eigenvalue weighted by Gasteiger charge is -2.37. The Hall–Kier alpha value is -1.55. The lowest BCUT2D eigenvalue weighted by Crippen LogP contribution is -2.47. The first-order chi connectivity index (χ1) is 11.5. The van der Waals surface area contributed by atoms with Gasteiger partial charge >= 0.3 is 0 Å². The normalized spacial score (nSPS) is 15.9. The van der Waals surface area contributed by atoms with Crippen molar-refractivity contribution >= 4 is 11.4 Å². The molecule has 0 amide bonds. The molecule has 0 bridgehead atoms. The predicted octanol–water partition coefficient (Wildman–Crippen LogP) is 4.09. The lowest BCUT2D eigenvalue weighted by molar-refractivity contribution is 0.206. The molecule has 0 aromatic heterocycles. The number of piperazine rings is 1. The van der Waals surface area contributed by atoms with Crippen LogP contribution >= 0.6 is 0 Å². The number of nitrogens with zero attached hydrogens (tertiary/aromatic N) is 2. The highest BCUT2D eigenvalue weighted by Crippen LogP contribution is 2.23. The minimum absolute atomic E-state index is 0.279. The zero-order valence-electron chi connectivity index (χ0n) is 15.2. The van der Waals surface area contributed by atoms with E-state index < -0.39 is 0 Å². The first-order valence-electron chi connectivity index (χ1n) is 9.26. The van der Waals surface area contributed by atoms with Crippen molar-refractivity contribution in [2.24, 2.45) is 11.7 Å². The van der Waals surface area contributed by atoms with Gasteiger partial charge in [0.2, 0.25) is 0 Å². The van der Waals surface area contributed by atoms with Gasteiger partial charge in [0.15, 0.2) is 0 Å². The zero-order valence-corrected chi connectivity index (χ0v) is 15.2. The summed E-state index contributed by atoms with van der Waals surface area (Å²) in [5, 5.41) is 0.